The van der Waals surface area contributed by atoms with Crippen molar-refractivity contribution in [2.75, 3.05) is 26.2 Å². The fourth-order valence-corrected chi connectivity index (χ4v) is 4.89. The smallest absolute Gasteiger partial charge is 0.251 e. The van der Waals surface area contributed by atoms with Crippen LogP contribution in [0, 0.1) is 6.92 Å². The van der Waals surface area contributed by atoms with Crippen LogP contribution in [-0.4, -0.2) is 44.9 Å². The van der Waals surface area contributed by atoms with Gasteiger partial charge in [0.1, 0.15) is 12.4 Å². The molecule has 0 radical (unpaired) electrons. The summed E-state index contributed by atoms with van der Waals surface area (Å²) in [6, 6.07) is 11.6. The molecule has 1 heterocycles. The van der Waals surface area contributed by atoms with Gasteiger partial charge in [-0.05, 0) is 55.7 Å². The third-order valence-corrected chi connectivity index (χ3v) is 7.15. The van der Waals surface area contributed by atoms with Crippen LogP contribution in [0.2, 0.25) is 5.02 Å². The lowest BCUT2D eigenvalue weighted by molar-refractivity contribution is 0.0947. The van der Waals surface area contributed by atoms with Gasteiger partial charge in [-0.25, -0.2) is 8.42 Å². The highest BCUT2D eigenvalue weighted by atomic mass is 35.5. The normalized spacial score (nSPS) is 15.1. The van der Waals surface area contributed by atoms with Gasteiger partial charge in [-0.2, -0.15) is 4.31 Å². The molecule has 0 aromatic heterocycles. The second-order valence-corrected chi connectivity index (χ2v) is 9.35. The topological polar surface area (TPSA) is 75.7 Å². The molecular formula is C21H25ClN2O4S. The van der Waals surface area contributed by atoms with Crippen molar-refractivity contribution >= 4 is 27.5 Å². The molecule has 0 atom stereocenters. The fraction of sp³-hybridized carbons (Fsp3) is 0.381. The Morgan fingerprint density at radius 2 is 1.90 bits per heavy atom. The molecule has 3 rings (SSSR count). The number of aryl methyl sites for hydroxylation is 1. The minimum Gasteiger partial charge on any atom is -0.492 e. The average Bonchev–Trinajstić information content (AvgIpc) is 2.74. The van der Waals surface area contributed by atoms with Gasteiger partial charge in [-0.15, -0.1) is 0 Å². The van der Waals surface area contributed by atoms with E-state index in [4.69, 9.17) is 16.3 Å². The summed E-state index contributed by atoms with van der Waals surface area (Å²) in [6.45, 7) is 3.52. The number of hydrogen-bond acceptors (Lipinski definition) is 4. The summed E-state index contributed by atoms with van der Waals surface area (Å²) in [6.07, 6.45) is 2.78. The van der Waals surface area contributed by atoms with Crippen molar-refractivity contribution in [3.05, 3.63) is 58.6 Å². The molecule has 0 saturated carbocycles. The molecule has 0 bridgehead atoms. The molecule has 1 aliphatic rings. The molecule has 29 heavy (non-hydrogen) atoms. The van der Waals surface area contributed by atoms with E-state index < -0.39 is 10.0 Å². The first-order chi connectivity index (χ1) is 13.9. The Bertz CT molecular complexity index is 972. The maximum Gasteiger partial charge on any atom is 0.251 e. The second kappa shape index (κ2) is 9.61. The molecule has 6 nitrogen and oxygen atoms in total. The van der Waals surface area contributed by atoms with Crippen molar-refractivity contribution in [2.24, 2.45) is 0 Å². The third kappa shape index (κ3) is 5.50. The predicted molar refractivity (Wildman–Crippen MR) is 113 cm³/mol. The van der Waals surface area contributed by atoms with Gasteiger partial charge in [0.25, 0.3) is 5.91 Å². The van der Waals surface area contributed by atoms with Gasteiger partial charge in [-0.3, -0.25) is 4.79 Å². The van der Waals surface area contributed by atoms with E-state index in [0.29, 0.717) is 29.4 Å². The van der Waals surface area contributed by atoms with Gasteiger partial charge in [0, 0.05) is 23.7 Å². The van der Waals surface area contributed by atoms with Crippen LogP contribution in [0.4, 0.5) is 0 Å². The number of benzene rings is 2. The van der Waals surface area contributed by atoms with Crippen LogP contribution in [-0.2, 0) is 10.0 Å². The van der Waals surface area contributed by atoms with Crippen molar-refractivity contribution in [1.29, 1.82) is 0 Å². The summed E-state index contributed by atoms with van der Waals surface area (Å²) < 4.78 is 32.7. The molecule has 1 N–H and O–H groups in total. The number of rotatable bonds is 7. The Kier molecular flexibility index (Phi) is 7.16. The van der Waals surface area contributed by atoms with Crippen molar-refractivity contribution in [2.45, 2.75) is 31.1 Å². The Hall–Kier alpha value is -2.09. The van der Waals surface area contributed by atoms with Gasteiger partial charge >= 0.3 is 0 Å². The number of nitrogens with zero attached hydrogens (tertiary/aromatic N) is 1. The second-order valence-electron chi connectivity index (χ2n) is 7.01. The van der Waals surface area contributed by atoms with E-state index in [-0.39, 0.29) is 24.0 Å². The summed E-state index contributed by atoms with van der Waals surface area (Å²) in [7, 11) is -3.57. The molecule has 0 spiro atoms. The predicted octanol–water partition coefficient (Wildman–Crippen LogP) is 3.63. The van der Waals surface area contributed by atoms with Gasteiger partial charge in [0.2, 0.25) is 10.0 Å². The van der Waals surface area contributed by atoms with Gasteiger partial charge < -0.3 is 10.1 Å². The van der Waals surface area contributed by atoms with E-state index in [0.717, 1.165) is 24.8 Å². The lowest BCUT2D eigenvalue weighted by Gasteiger charge is -2.26. The lowest BCUT2D eigenvalue weighted by atomic mass is 10.2. The van der Waals surface area contributed by atoms with E-state index in [1.807, 2.05) is 19.1 Å². The van der Waals surface area contributed by atoms with Crippen LogP contribution in [0.25, 0.3) is 0 Å². The van der Waals surface area contributed by atoms with Crippen LogP contribution in [0.1, 0.15) is 35.2 Å². The minimum atomic E-state index is -3.57. The highest BCUT2D eigenvalue weighted by molar-refractivity contribution is 7.89. The van der Waals surface area contributed by atoms with E-state index >= 15 is 0 Å². The summed E-state index contributed by atoms with van der Waals surface area (Å²) in [5.74, 6) is 0.288. The monoisotopic (exact) mass is 436 g/mol. The molecule has 1 fully saturated rings. The average molecular weight is 437 g/mol. The number of ether oxygens (including phenoxy) is 1. The fourth-order valence-electron chi connectivity index (χ4n) is 3.15. The molecular weight excluding hydrogens is 412 g/mol. The quantitative estimate of drug-likeness (QED) is 0.672. The Labute approximate surface area is 176 Å². The Balaban J connectivity index is 1.57. The van der Waals surface area contributed by atoms with Crippen molar-refractivity contribution < 1.29 is 17.9 Å². The maximum absolute atomic E-state index is 12.8. The molecule has 1 saturated heterocycles. The first-order valence-electron chi connectivity index (χ1n) is 9.65. The molecule has 2 aromatic carbocycles. The van der Waals surface area contributed by atoms with Crippen molar-refractivity contribution in [3.8, 4) is 5.75 Å². The van der Waals surface area contributed by atoms with Crippen LogP contribution in [0.3, 0.4) is 0 Å². The largest absolute Gasteiger partial charge is 0.492 e. The first kappa shape index (κ1) is 21.6. The van der Waals surface area contributed by atoms with Gasteiger partial charge in [0.05, 0.1) is 11.4 Å². The molecule has 2 aromatic rings. The zero-order valence-electron chi connectivity index (χ0n) is 16.4. The number of nitrogens with one attached hydrogen (secondary N) is 1. The van der Waals surface area contributed by atoms with E-state index in [1.165, 1.54) is 16.4 Å². The SMILES string of the molecule is Cc1ccc(OCCNC(=O)c2cccc(S(=O)(=O)N3CCCCC3)c2)cc1Cl. The van der Waals surface area contributed by atoms with Crippen LogP contribution >= 0.6 is 11.6 Å². The molecule has 156 valence electrons. The van der Waals surface area contributed by atoms with Crippen molar-refractivity contribution in [3.63, 3.8) is 0 Å². The number of hydrogen-bond donors (Lipinski definition) is 1. The zero-order chi connectivity index (χ0) is 20.9. The zero-order valence-corrected chi connectivity index (χ0v) is 17.9. The van der Waals surface area contributed by atoms with Gasteiger partial charge in [0.15, 0.2) is 0 Å². The van der Waals surface area contributed by atoms with Crippen LogP contribution < -0.4 is 10.1 Å². The Morgan fingerprint density at radius 3 is 2.62 bits per heavy atom. The first-order valence-corrected chi connectivity index (χ1v) is 11.5. The summed E-state index contributed by atoms with van der Waals surface area (Å²) in [5, 5.41) is 3.37. The number of sulfonamides is 1. The highest BCUT2D eigenvalue weighted by Crippen LogP contribution is 2.22. The summed E-state index contributed by atoms with van der Waals surface area (Å²) >= 11 is 6.06. The number of halogens is 1. The Morgan fingerprint density at radius 1 is 1.14 bits per heavy atom. The lowest BCUT2D eigenvalue weighted by Crippen LogP contribution is -2.35. The number of piperidine rings is 1. The van der Waals surface area contributed by atoms with Crippen LogP contribution in [0.5, 0.6) is 5.75 Å². The summed E-state index contributed by atoms with van der Waals surface area (Å²) in [5.41, 5.74) is 1.27. The molecule has 0 aliphatic carbocycles. The third-order valence-electron chi connectivity index (χ3n) is 4.85. The number of amides is 1. The molecule has 0 unspecified atom stereocenters. The van der Waals surface area contributed by atoms with E-state index in [1.54, 1.807) is 18.2 Å². The summed E-state index contributed by atoms with van der Waals surface area (Å²) in [4.78, 5) is 12.6. The molecule has 8 heteroatoms. The van der Waals surface area contributed by atoms with E-state index in [2.05, 4.69) is 5.32 Å². The minimum absolute atomic E-state index is 0.151. The van der Waals surface area contributed by atoms with Crippen LogP contribution in [0.15, 0.2) is 47.4 Å². The van der Waals surface area contributed by atoms with Crippen molar-refractivity contribution in [1.82, 2.24) is 9.62 Å². The standard InChI is InChI=1S/C21H25ClN2O4S/c1-16-8-9-18(15-20(16)22)28-13-10-23-21(25)17-6-5-7-19(14-17)29(26,27)24-11-3-2-4-12-24/h5-9,14-15H,2-4,10-13H2,1H3,(H,23,25). The highest BCUT2D eigenvalue weighted by Gasteiger charge is 2.26. The molecule has 1 aliphatic heterocycles. The molecule has 1 amide bonds. The maximum atomic E-state index is 12.8. The van der Waals surface area contributed by atoms with E-state index in [9.17, 15) is 13.2 Å². The number of carbonyl (C=O) groups excluding carboxylic acids is 1. The van der Waals surface area contributed by atoms with Gasteiger partial charge in [-0.1, -0.05) is 30.2 Å². The number of carbonyl (C=O) groups is 1.